The number of hydrogen-bond donors (Lipinski definition) is 3. The molecule has 0 aliphatic rings. The molecular formula is C19H24N4O3S. The maximum atomic E-state index is 12.1. The van der Waals surface area contributed by atoms with Crippen molar-refractivity contribution in [3.8, 4) is 0 Å². The van der Waals surface area contributed by atoms with Crippen LogP contribution in [0.15, 0.2) is 40.3 Å². The van der Waals surface area contributed by atoms with E-state index in [9.17, 15) is 14.4 Å². The average molecular weight is 388 g/mol. The number of carbonyl (C=O) groups is 2. The number of amides is 2. The van der Waals surface area contributed by atoms with Crippen molar-refractivity contribution in [2.45, 2.75) is 44.4 Å². The Morgan fingerprint density at radius 1 is 1.26 bits per heavy atom. The third kappa shape index (κ3) is 6.25. The van der Waals surface area contributed by atoms with Crippen LogP contribution in [0.25, 0.3) is 0 Å². The number of hydrogen-bond acceptors (Lipinski definition) is 5. The van der Waals surface area contributed by atoms with Gasteiger partial charge in [0.1, 0.15) is 6.04 Å². The van der Waals surface area contributed by atoms with E-state index in [1.807, 2.05) is 36.6 Å². The van der Waals surface area contributed by atoms with Gasteiger partial charge in [-0.15, -0.1) is 0 Å². The number of nitrogens with one attached hydrogen (secondary N) is 3. The zero-order valence-corrected chi connectivity index (χ0v) is 16.5. The summed E-state index contributed by atoms with van der Waals surface area (Å²) in [4.78, 5) is 43.3. The van der Waals surface area contributed by atoms with E-state index in [0.29, 0.717) is 23.0 Å². The van der Waals surface area contributed by atoms with Gasteiger partial charge in [0.25, 0.3) is 5.56 Å². The summed E-state index contributed by atoms with van der Waals surface area (Å²) in [7, 11) is 0. The highest BCUT2D eigenvalue weighted by Crippen LogP contribution is 2.09. The second kappa shape index (κ2) is 9.91. The lowest BCUT2D eigenvalue weighted by molar-refractivity contribution is -0.128. The Kier molecular flexibility index (Phi) is 7.60. The molecule has 7 nitrogen and oxygen atoms in total. The van der Waals surface area contributed by atoms with E-state index >= 15 is 0 Å². The summed E-state index contributed by atoms with van der Waals surface area (Å²) in [6, 6.07) is 8.89. The Morgan fingerprint density at radius 3 is 2.59 bits per heavy atom. The number of aryl methyl sites for hydroxylation is 1. The first-order valence-electron chi connectivity index (χ1n) is 8.65. The van der Waals surface area contributed by atoms with Crippen molar-refractivity contribution in [1.82, 2.24) is 20.6 Å². The van der Waals surface area contributed by atoms with E-state index in [2.05, 4.69) is 20.6 Å². The number of nitrogens with zero attached hydrogens (tertiary/aromatic N) is 1. The fourth-order valence-electron chi connectivity index (χ4n) is 2.53. The molecule has 0 spiro atoms. The Morgan fingerprint density at radius 2 is 1.96 bits per heavy atom. The van der Waals surface area contributed by atoms with Gasteiger partial charge in [0, 0.05) is 24.2 Å². The quantitative estimate of drug-likeness (QED) is 0.470. The number of aromatic nitrogens is 2. The second-order valence-electron chi connectivity index (χ2n) is 6.13. The Bertz CT molecular complexity index is 852. The number of carbonyl (C=O) groups excluding carboxylic acids is 2. The number of thioether (sulfide) groups is 1. The topological polar surface area (TPSA) is 104 Å². The monoisotopic (exact) mass is 388 g/mol. The van der Waals surface area contributed by atoms with Crippen molar-refractivity contribution in [2.75, 3.05) is 6.26 Å². The van der Waals surface area contributed by atoms with Crippen LogP contribution < -0.4 is 16.2 Å². The van der Waals surface area contributed by atoms with E-state index in [0.717, 1.165) is 5.56 Å². The predicted octanol–water partition coefficient (Wildman–Crippen LogP) is 1.55. The van der Waals surface area contributed by atoms with Crippen molar-refractivity contribution in [3.63, 3.8) is 0 Å². The van der Waals surface area contributed by atoms with Crippen LogP contribution >= 0.6 is 11.8 Å². The van der Waals surface area contributed by atoms with Crippen LogP contribution in [-0.4, -0.2) is 34.1 Å². The van der Waals surface area contributed by atoms with Crippen LogP contribution in [0.4, 0.5) is 0 Å². The lowest BCUT2D eigenvalue weighted by atomic mass is 10.1. The molecule has 0 bridgehead atoms. The first-order valence-corrected chi connectivity index (χ1v) is 9.88. The summed E-state index contributed by atoms with van der Waals surface area (Å²) in [5, 5.41) is 6.00. The fourth-order valence-corrected chi connectivity index (χ4v) is 2.95. The zero-order valence-electron chi connectivity index (χ0n) is 15.7. The van der Waals surface area contributed by atoms with Crippen LogP contribution in [-0.2, 0) is 22.6 Å². The molecule has 0 radical (unpaired) electrons. The first-order chi connectivity index (χ1) is 12.9. The molecule has 0 aliphatic heterocycles. The predicted molar refractivity (Wildman–Crippen MR) is 106 cm³/mol. The fraction of sp³-hybridized carbons (Fsp3) is 0.368. The summed E-state index contributed by atoms with van der Waals surface area (Å²) in [5.74, 6) is -0.544. The van der Waals surface area contributed by atoms with Crippen LogP contribution in [0.2, 0.25) is 0 Å². The van der Waals surface area contributed by atoms with Gasteiger partial charge in [-0.2, -0.15) is 0 Å². The molecule has 1 atom stereocenters. The smallest absolute Gasteiger partial charge is 0.254 e. The molecule has 1 heterocycles. The molecule has 0 saturated carbocycles. The van der Waals surface area contributed by atoms with Gasteiger partial charge in [0.05, 0.1) is 0 Å². The largest absolute Gasteiger partial charge is 0.350 e. The van der Waals surface area contributed by atoms with Crippen molar-refractivity contribution in [3.05, 3.63) is 57.5 Å². The average Bonchev–Trinajstić information content (AvgIpc) is 2.65. The van der Waals surface area contributed by atoms with Crippen molar-refractivity contribution in [2.24, 2.45) is 0 Å². The SMILES string of the molecule is CSc1nc(C)c(CCC(=O)NC(C)C(=O)NCc2ccccc2)c(=O)[nH]1. The normalized spacial score (nSPS) is 11.7. The van der Waals surface area contributed by atoms with Gasteiger partial charge in [0.15, 0.2) is 5.16 Å². The number of benzene rings is 1. The molecule has 0 saturated heterocycles. The number of aromatic amines is 1. The Hall–Kier alpha value is -2.61. The molecule has 2 rings (SSSR count). The van der Waals surface area contributed by atoms with E-state index in [1.165, 1.54) is 11.8 Å². The van der Waals surface area contributed by atoms with Crippen LogP contribution in [0.1, 0.15) is 30.2 Å². The van der Waals surface area contributed by atoms with Crippen molar-refractivity contribution >= 4 is 23.6 Å². The molecule has 2 amide bonds. The minimum atomic E-state index is -0.655. The Balaban J connectivity index is 1.83. The third-order valence-corrected chi connectivity index (χ3v) is 4.66. The van der Waals surface area contributed by atoms with Crippen LogP contribution in [0.3, 0.4) is 0 Å². The van der Waals surface area contributed by atoms with Crippen LogP contribution in [0.5, 0.6) is 0 Å². The Labute approximate surface area is 162 Å². The lowest BCUT2D eigenvalue weighted by Gasteiger charge is -2.14. The highest BCUT2D eigenvalue weighted by Gasteiger charge is 2.16. The zero-order chi connectivity index (χ0) is 19.8. The molecular weight excluding hydrogens is 364 g/mol. The van der Waals surface area contributed by atoms with E-state index in [-0.39, 0.29) is 30.2 Å². The van der Waals surface area contributed by atoms with Gasteiger partial charge in [0.2, 0.25) is 11.8 Å². The molecule has 27 heavy (non-hydrogen) atoms. The van der Waals surface area contributed by atoms with Crippen LogP contribution in [0, 0.1) is 6.92 Å². The summed E-state index contributed by atoms with van der Waals surface area (Å²) in [6.45, 7) is 3.79. The van der Waals surface area contributed by atoms with Gasteiger partial charge >= 0.3 is 0 Å². The second-order valence-corrected chi connectivity index (χ2v) is 6.93. The summed E-state index contributed by atoms with van der Waals surface area (Å²) in [5.41, 5.74) is 1.86. The molecule has 0 fully saturated rings. The molecule has 3 N–H and O–H groups in total. The molecule has 1 aromatic carbocycles. The number of H-pyrrole nitrogens is 1. The van der Waals surface area contributed by atoms with Gasteiger partial charge in [-0.05, 0) is 32.1 Å². The maximum Gasteiger partial charge on any atom is 0.254 e. The first kappa shape index (κ1) is 20.7. The minimum Gasteiger partial charge on any atom is -0.350 e. The van der Waals surface area contributed by atoms with E-state index in [1.54, 1.807) is 13.8 Å². The summed E-state index contributed by atoms with van der Waals surface area (Å²) in [6.07, 6.45) is 2.21. The van der Waals surface area contributed by atoms with E-state index in [4.69, 9.17) is 0 Å². The molecule has 1 aromatic heterocycles. The molecule has 144 valence electrons. The highest BCUT2D eigenvalue weighted by atomic mass is 32.2. The van der Waals surface area contributed by atoms with E-state index < -0.39 is 6.04 Å². The summed E-state index contributed by atoms with van der Waals surface area (Å²) >= 11 is 1.35. The minimum absolute atomic E-state index is 0.112. The molecule has 1 unspecified atom stereocenters. The molecule has 2 aromatic rings. The van der Waals surface area contributed by atoms with Gasteiger partial charge in [-0.1, -0.05) is 42.1 Å². The molecule has 8 heteroatoms. The van der Waals surface area contributed by atoms with Gasteiger partial charge < -0.3 is 15.6 Å². The number of rotatable bonds is 8. The summed E-state index contributed by atoms with van der Waals surface area (Å²) < 4.78 is 0. The molecule has 0 aliphatic carbocycles. The van der Waals surface area contributed by atoms with Gasteiger partial charge in [-0.3, -0.25) is 14.4 Å². The van der Waals surface area contributed by atoms with Gasteiger partial charge in [-0.25, -0.2) is 4.98 Å². The third-order valence-electron chi connectivity index (χ3n) is 4.08. The highest BCUT2D eigenvalue weighted by molar-refractivity contribution is 7.98. The van der Waals surface area contributed by atoms with Crippen molar-refractivity contribution in [1.29, 1.82) is 0 Å². The lowest BCUT2D eigenvalue weighted by Crippen LogP contribution is -2.44. The standard InChI is InChI=1S/C19H24N4O3S/c1-12-15(18(26)23-19(22-12)27-3)9-10-16(24)21-13(2)17(25)20-11-14-7-5-4-6-8-14/h4-8,13H,9-11H2,1-3H3,(H,20,25)(H,21,24)(H,22,23,26). The van der Waals surface area contributed by atoms with Crippen molar-refractivity contribution < 1.29 is 9.59 Å². The maximum absolute atomic E-state index is 12.1.